The van der Waals surface area contributed by atoms with Gasteiger partial charge in [0.2, 0.25) is 65.0 Å². The topological polar surface area (TPSA) is 441 Å². The summed E-state index contributed by atoms with van der Waals surface area (Å²) in [6.07, 6.45) is 4.86. The highest BCUT2D eigenvalue weighted by Crippen LogP contribution is 2.23. The Bertz CT molecular complexity index is 3750. The summed E-state index contributed by atoms with van der Waals surface area (Å²) in [5.41, 5.74) is 13.5. The van der Waals surface area contributed by atoms with Crippen LogP contribution in [0.15, 0.2) is 121 Å². The summed E-state index contributed by atoms with van der Waals surface area (Å²) >= 11 is 6.24. The van der Waals surface area contributed by atoms with Crippen LogP contribution >= 0.6 is 11.6 Å². The Morgan fingerprint density at radius 3 is 1.63 bits per heavy atom. The fourth-order valence-electron chi connectivity index (χ4n) is 12.0. The highest BCUT2D eigenvalue weighted by atomic mass is 35.5. The highest BCUT2D eigenvalue weighted by molar-refractivity contribution is 6.30. The number of hydrogen-bond acceptors (Lipinski definition) is 16. The standard InChI is InChI=1S/C75H103ClN16O13/c1-7-80-75(81-8-2)82-35-14-12-21-57(74(105)92-36-16-22-64(92)73(104)83-46(5)65(78)96)86-67(98)58(37-45(3)4)87-66(97)56(20-11-13-33-77)85-69(100)60(40-49-26-31-55(95)32-27-49)90-72(103)63(44-93)91-71(102)62(42-51-17-15-34-79-43-51)89-70(101)61(39-48-24-29-54(76)30-25-48)88-68(99)59(84-47(6)94)41-50-23-28-52-18-9-10-19-53(52)38-50/h9-10,15,17-19,23-32,34,38,43,45-46,56-64,93,95H,7-8,11-14,16,20-22,33,35-37,39-42,44,77H2,1-6H3,(H2,78,96)(H,83,104)(H,84,94)(H,85,100)(H,86,98)(H,87,97)(H,88,99)(H,89,101)(H,90,103)(H,91,102)(H2,80,81,82)/t46-,56-,57+,58+,59-,60+,61-,62-,63+,64+/m1/s1. The lowest BCUT2D eigenvalue weighted by Gasteiger charge is -2.31. The second-order valence-electron chi connectivity index (χ2n) is 26.5. The Balaban J connectivity index is 1.24. The van der Waals surface area contributed by atoms with Crippen molar-refractivity contribution in [2.24, 2.45) is 22.4 Å². The van der Waals surface area contributed by atoms with E-state index in [1.165, 1.54) is 55.4 Å². The van der Waals surface area contributed by atoms with Gasteiger partial charge in [0.1, 0.15) is 66.2 Å². The number of guanidine groups is 1. The molecule has 1 aliphatic heterocycles. The van der Waals surface area contributed by atoms with Gasteiger partial charge in [-0.3, -0.25) is 62.7 Å². The highest BCUT2D eigenvalue weighted by Gasteiger charge is 2.40. The molecule has 0 unspecified atom stereocenters. The first-order valence-electron chi connectivity index (χ1n) is 35.8. The molecule has 4 aromatic carbocycles. The normalized spacial score (nSPS) is 15.1. The summed E-state index contributed by atoms with van der Waals surface area (Å²) in [7, 11) is 0. The van der Waals surface area contributed by atoms with E-state index in [-0.39, 0.29) is 76.1 Å². The van der Waals surface area contributed by atoms with Crippen LogP contribution in [0.25, 0.3) is 10.8 Å². The number of aromatic nitrogens is 1. The zero-order valence-corrected chi connectivity index (χ0v) is 61.3. The minimum atomic E-state index is -1.81. The zero-order valence-electron chi connectivity index (χ0n) is 60.5. The number of aromatic hydroxyl groups is 1. The van der Waals surface area contributed by atoms with Gasteiger partial charge in [-0.25, -0.2) is 0 Å². The monoisotopic (exact) mass is 1470 g/mol. The molecular formula is C75H103ClN16O13. The number of primary amides is 1. The van der Waals surface area contributed by atoms with Crippen molar-refractivity contribution >= 4 is 93.3 Å². The molecule has 17 N–H and O–H groups in total. The third kappa shape index (κ3) is 27.7. The molecule has 0 bridgehead atoms. The molecule has 2 heterocycles. The molecule has 30 heteroatoms. The number of hydrogen-bond donors (Lipinski definition) is 15. The minimum Gasteiger partial charge on any atom is -0.508 e. The van der Waals surface area contributed by atoms with E-state index in [9.17, 15) is 63.0 Å². The quantitative estimate of drug-likeness (QED) is 0.0150. The van der Waals surface area contributed by atoms with E-state index >= 15 is 0 Å². The fourth-order valence-corrected chi connectivity index (χ4v) is 12.2. The lowest BCUT2D eigenvalue weighted by atomic mass is 9.99. The molecule has 11 amide bonds. The number of halogens is 1. The van der Waals surface area contributed by atoms with Crippen molar-refractivity contribution in [1.29, 1.82) is 0 Å². The number of nitrogens with zero attached hydrogens (tertiary/aromatic N) is 3. The molecule has 29 nitrogen and oxygen atoms in total. The lowest BCUT2D eigenvalue weighted by Crippen LogP contribution is -2.61. The van der Waals surface area contributed by atoms with Crippen LogP contribution in [0.5, 0.6) is 5.75 Å². The number of unbranched alkanes of at least 4 members (excludes halogenated alkanes) is 2. The van der Waals surface area contributed by atoms with E-state index in [2.05, 4.69) is 68.5 Å². The molecule has 1 aliphatic rings. The van der Waals surface area contributed by atoms with Gasteiger partial charge in [-0.1, -0.05) is 98.2 Å². The van der Waals surface area contributed by atoms with Crippen molar-refractivity contribution in [3.05, 3.63) is 143 Å². The molecule has 0 radical (unpaired) electrons. The van der Waals surface area contributed by atoms with E-state index in [1.54, 1.807) is 36.4 Å². The van der Waals surface area contributed by atoms with Gasteiger partial charge in [0.15, 0.2) is 5.96 Å². The SMILES string of the molecule is CCNC(=NCCCC[C@H](NC(=O)[C@H](CC(C)C)NC(=O)[C@@H](CCCCN)NC(=O)[C@H](Cc1ccc(O)cc1)NC(=O)[C@H](CO)NC(=O)[C@@H](Cc1cccnc1)NC(=O)[C@@H](Cc1ccc(Cl)cc1)NC(=O)[C@@H](Cc1ccc2ccccc2c1)NC(C)=O)C(=O)N1CCC[C@H]1C(=O)N[C@H](C)C(N)=O)NCC. The number of nitrogens with one attached hydrogen (secondary N) is 11. The number of amides is 11. The third-order valence-electron chi connectivity index (χ3n) is 17.6. The second-order valence-corrected chi connectivity index (χ2v) is 27.0. The molecule has 10 atom stereocenters. The largest absolute Gasteiger partial charge is 0.508 e. The van der Waals surface area contributed by atoms with Crippen LogP contribution in [-0.2, 0) is 78.4 Å². The van der Waals surface area contributed by atoms with E-state index in [0.29, 0.717) is 85.0 Å². The van der Waals surface area contributed by atoms with Gasteiger partial charge in [-0.05, 0) is 154 Å². The minimum absolute atomic E-state index is 0.0187. The molecule has 0 aliphatic carbocycles. The molecule has 1 aromatic heterocycles. The average molecular weight is 1470 g/mol. The van der Waals surface area contributed by atoms with Crippen LogP contribution in [0.2, 0.25) is 5.02 Å². The predicted molar refractivity (Wildman–Crippen MR) is 398 cm³/mol. The summed E-state index contributed by atoms with van der Waals surface area (Å²) in [6.45, 7) is 11.2. The Morgan fingerprint density at radius 1 is 0.571 bits per heavy atom. The number of pyridine rings is 1. The van der Waals surface area contributed by atoms with Crippen molar-refractivity contribution in [2.45, 2.75) is 185 Å². The van der Waals surface area contributed by atoms with E-state index in [0.717, 1.165) is 10.8 Å². The van der Waals surface area contributed by atoms with Crippen molar-refractivity contribution < 1.29 is 63.0 Å². The van der Waals surface area contributed by atoms with E-state index in [1.807, 2.05) is 70.2 Å². The molecule has 0 saturated carbocycles. The van der Waals surface area contributed by atoms with E-state index in [4.69, 9.17) is 23.1 Å². The van der Waals surface area contributed by atoms with E-state index < -0.39 is 132 Å². The molecule has 1 fully saturated rings. The molecule has 568 valence electrons. The zero-order chi connectivity index (χ0) is 76.5. The van der Waals surface area contributed by atoms with Crippen LogP contribution in [-0.4, -0.2) is 191 Å². The van der Waals surface area contributed by atoms with Gasteiger partial charge in [-0.2, -0.15) is 0 Å². The summed E-state index contributed by atoms with van der Waals surface area (Å²) < 4.78 is 0. The number of rotatable bonds is 41. The van der Waals surface area contributed by atoms with Gasteiger partial charge >= 0.3 is 0 Å². The first-order chi connectivity index (χ1) is 50.3. The van der Waals surface area contributed by atoms with Crippen molar-refractivity contribution in [3.63, 3.8) is 0 Å². The van der Waals surface area contributed by atoms with Gasteiger partial charge in [0.25, 0.3) is 0 Å². The van der Waals surface area contributed by atoms with Gasteiger partial charge in [0.05, 0.1) is 6.61 Å². The molecule has 1 saturated heterocycles. The number of carbonyl (C=O) groups is 11. The van der Waals surface area contributed by atoms with Crippen molar-refractivity contribution in [3.8, 4) is 5.75 Å². The first-order valence-corrected chi connectivity index (χ1v) is 36.2. The van der Waals surface area contributed by atoms with Crippen LogP contribution in [0.1, 0.15) is 122 Å². The second kappa shape index (κ2) is 43.1. The molecular weight excluding hydrogens is 1370 g/mol. The Morgan fingerprint density at radius 2 is 1.07 bits per heavy atom. The summed E-state index contributed by atoms with van der Waals surface area (Å²) in [5.74, 6) is -8.24. The Hall–Kier alpha value is -10.3. The van der Waals surface area contributed by atoms with Gasteiger partial charge in [0, 0.05) is 76.2 Å². The van der Waals surface area contributed by atoms with Gasteiger partial charge in [-0.15, -0.1) is 0 Å². The van der Waals surface area contributed by atoms with Crippen LogP contribution < -0.4 is 70.0 Å². The maximum atomic E-state index is 14.9. The molecule has 105 heavy (non-hydrogen) atoms. The maximum absolute atomic E-state index is 14.9. The molecule has 0 spiro atoms. The van der Waals surface area contributed by atoms with Gasteiger partial charge < -0.3 is 85.1 Å². The molecule has 6 rings (SSSR count). The fraction of sp³-hybridized carbons (Fsp3) is 0.480. The van der Waals surface area contributed by atoms with Crippen LogP contribution in [0.4, 0.5) is 0 Å². The first kappa shape index (κ1) is 83.7. The number of aliphatic hydroxyl groups excluding tert-OH is 1. The third-order valence-corrected chi connectivity index (χ3v) is 17.8. The average Bonchev–Trinajstić information content (AvgIpc) is 1.82. The number of nitrogens with two attached hydrogens (primary N) is 2. The van der Waals surface area contributed by atoms with Crippen molar-refractivity contribution in [1.82, 2.24) is 68.4 Å². The number of phenolic OH excluding ortho intramolecular Hbond substituents is 1. The summed E-state index contributed by atoms with van der Waals surface area (Å²) in [5, 5.41) is 54.1. The smallest absolute Gasteiger partial charge is 0.245 e. The Labute approximate surface area is 617 Å². The van der Waals surface area contributed by atoms with Crippen LogP contribution in [0.3, 0.4) is 0 Å². The summed E-state index contributed by atoms with van der Waals surface area (Å²) in [6, 6.07) is 15.4. The summed E-state index contributed by atoms with van der Waals surface area (Å²) in [4.78, 5) is 166. The number of aliphatic imine (C=N–C) groups is 1. The van der Waals surface area contributed by atoms with Crippen LogP contribution in [0, 0.1) is 5.92 Å². The lowest BCUT2D eigenvalue weighted by molar-refractivity contribution is -0.142. The predicted octanol–water partition coefficient (Wildman–Crippen LogP) is 1.66. The molecule has 5 aromatic rings. The van der Waals surface area contributed by atoms with Crippen molar-refractivity contribution in [2.75, 3.05) is 39.3 Å². The Kier molecular flexibility index (Phi) is 34.4. The number of phenols is 1. The number of carbonyl (C=O) groups excluding carboxylic acids is 11. The number of likely N-dealkylation sites (tertiary alicyclic amines) is 1. The number of aliphatic hydroxyl groups is 1. The number of fused-ring (bicyclic) bond motifs is 1. The number of benzene rings is 4. The maximum Gasteiger partial charge on any atom is 0.245 e.